The third-order valence-electron chi connectivity index (χ3n) is 2.69. The summed E-state index contributed by atoms with van der Waals surface area (Å²) in [5.41, 5.74) is 0.676. The molecule has 0 aliphatic heterocycles. The number of hydrogen-bond donors (Lipinski definition) is 1. The molecule has 0 bridgehead atoms. The van der Waals surface area contributed by atoms with Crippen molar-refractivity contribution in [2.45, 2.75) is 6.54 Å². The minimum Gasteiger partial charge on any atom is -0.474 e. The fraction of sp³-hybridized carbons (Fsp3) is 0.0833. The molecule has 2 heterocycles. The molecular formula is C12H8FN3O3. The Morgan fingerprint density at radius 1 is 1.37 bits per heavy atom. The van der Waals surface area contributed by atoms with E-state index in [9.17, 15) is 9.18 Å². The lowest BCUT2D eigenvalue weighted by atomic mass is 10.2. The molecule has 0 spiro atoms. The molecule has 19 heavy (non-hydrogen) atoms. The van der Waals surface area contributed by atoms with Gasteiger partial charge in [0.15, 0.2) is 0 Å². The van der Waals surface area contributed by atoms with Crippen LogP contribution in [-0.2, 0) is 6.54 Å². The van der Waals surface area contributed by atoms with E-state index >= 15 is 0 Å². The van der Waals surface area contributed by atoms with E-state index in [0.29, 0.717) is 5.52 Å². The second kappa shape index (κ2) is 4.20. The highest BCUT2D eigenvalue weighted by Crippen LogP contribution is 2.18. The zero-order chi connectivity index (χ0) is 13.4. The van der Waals surface area contributed by atoms with Gasteiger partial charge in [-0.25, -0.2) is 9.18 Å². The number of carboxylic acid groups (broad SMARTS) is 1. The Bertz CT molecular complexity index is 763. The van der Waals surface area contributed by atoms with E-state index < -0.39 is 11.9 Å². The SMILES string of the molecule is O=C(O)c1nnc(Cn2ccc3ccc(F)cc32)o1. The Morgan fingerprint density at radius 3 is 2.95 bits per heavy atom. The number of rotatable bonds is 3. The smallest absolute Gasteiger partial charge is 0.393 e. The van der Waals surface area contributed by atoms with E-state index in [1.807, 2.05) is 6.07 Å². The number of nitrogens with zero attached hydrogens (tertiary/aromatic N) is 3. The maximum Gasteiger partial charge on any atom is 0.393 e. The highest BCUT2D eigenvalue weighted by atomic mass is 19.1. The topological polar surface area (TPSA) is 81.1 Å². The number of hydrogen-bond acceptors (Lipinski definition) is 4. The summed E-state index contributed by atoms with van der Waals surface area (Å²) in [4.78, 5) is 10.6. The molecule has 0 aliphatic rings. The van der Waals surface area contributed by atoms with Gasteiger partial charge in [-0.15, -0.1) is 10.2 Å². The van der Waals surface area contributed by atoms with Crippen LogP contribution in [0.15, 0.2) is 34.9 Å². The van der Waals surface area contributed by atoms with E-state index in [1.165, 1.54) is 12.1 Å². The molecule has 2 aromatic heterocycles. The lowest BCUT2D eigenvalue weighted by Crippen LogP contribution is -1.98. The van der Waals surface area contributed by atoms with Crippen molar-refractivity contribution in [2.75, 3.05) is 0 Å². The molecule has 0 saturated heterocycles. The van der Waals surface area contributed by atoms with Crippen molar-refractivity contribution in [1.29, 1.82) is 0 Å². The third-order valence-corrected chi connectivity index (χ3v) is 2.69. The van der Waals surface area contributed by atoms with E-state index in [0.717, 1.165) is 5.39 Å². The van der Waals surface area contributed by atoms with Crippen molar-refractivity contribution in [2.24, 2.45) is 0 Å². The molecular weight excluding hydrogens is 253 g/mol. The van der Waals surface area contributed by atoms with Crippen LogP contribution in [0.5, 0.6) is 0 Å². The summed E-state index contributed by atoms with van der Waals surface area (Å²) < 4.78 is 19.9. The number of carboxylic acids is 1. The van der Waals surface area contributed by atoms with Gasteiger partial charge < -0.3 is 14.1 Å². The van der Waals surface area contributed by atoms with Gasteiger partial charge in [0, 0.05) is 6.20 Å². The molecule has 7 heteroatoms. The quantitative estimate of drug-likeness (QED) is 0.778. The van der Waals surface area contributed by atoms with Gasteiger partial charge >= 0.3 is 11.9 Å². The number of aromatic nitrogens is 3. The fourth-order valence-electron chi connectivity index (χ4n) is 1.84. The zero-order valence-corrected chi connectivity index (χ0v) is 9.58. The fourth-order valence-corrected chi connectivity index (χ4v) is 1.84. The predicted molar refractivity (Wildman–Crippen MR) is 62.3 cm³/mol. The molecule has 6 nitrogen and oxygen atoms in total. The highest BCUT2D eigenvalue weighted by molar-refractivity contribution is 5.82. The van der Waals surface area contributed by atoms with Crippen molar-refractivity contribution in [3.8, 4) is 0 Å². The molecule has 0 atom stereocenters. The first-order chi connectivity index (χ1) is 9.13. The molecule has 0 amide bonds. The summed E-state index contributed by atoms with van der Waals surface area (Å²) in [6.07, 6.45) is 1.74. The Balaban J connectivity index is 1.96. The maximum absolute atomic E-state index is 13.2. The van der Waals surface area contributed by atoms with Gasteiger partial charge in [-0.05, 0) is 29.7 Å². The Hall–Kier alpha value is -2.70. The first-order valence-electron chi connectivity index (χ1n) is 5.43. The summed E-state index contributed by atoms with van der Waals surface area (Å²) in [6, 6.07) is 6.26. The molecule has 0 unspecified atom stereocenters. The predicted octanol–water partition coefficient (Wildman–Crippen LogP) is 1.91. The van der Waals surface area contributed by atoms with E-state index in [2.05, 4.69) is 10.2 Å². The van der Waals surface area contributed by atoms with Crippen LogP contribution in [0, 0.1) is 5.82 Å². The molecule has 3 aromatic rings. The lowest BCUT2D eigenvalue weighted by Gasteiger charge is -2.01. The van der Waals surface area contributed by atoms with Crippen LogP contribution < -0.4 is 0 Å². The van der Waals surface area contributed by atoms with Crippen LogP contribution in [-0.4, -0.2) is 25.8 Å². The van der Waals surface area contributed by atoms with E-state index in [-0.39, 0.29) is 18.3 Å². The minimum atomic E-state index is -1.28. The molecule has 0 aliphatic carbocycles. The van der Waals surface area contributed by atoms with Crippen LogP contribution in [0.4, 0.5) is 4.39 Å². The number of halogens is 1. The summed E-state index contributed by atoms with van der Waals surface area (Å²) in [5, 5.41) is 16.6. The second-order valence-corrected chi connectivity index (χ2v) is 3.95. The molecule has 0 fully saturated rings. The van der Waals surface area contributed by atoms with Crippen molar-refractivity contribution >= 4 is 16.9 Å². The van der Waals surface area contributed by atoms with Crippen molar-refractivity contribution in [3.63, 3.8) is 0 Å². The van der Waals surface area contributed by atoms with Crippen LogP contribution in [0.2, 0.25) is 0 Å². The average molecular weight is 261 g/mol. The second-order valence-electron chi connectivity index (χ2n) is 3.95. The third kappa shape index (κ3) is 2.05. The number of benzene rings is 1. The molecule has 0 radical (unpaired) electrons. The van der Waals surface area contributed by atoms with Gasteiger partial charge in [0.2, 0.25) is 5.89 Å². The normalized spacial score (nSPS) is 11.0. The molecule has 3 rings (SSSR count). The number of aromatic carboxylic acids is 1. The first-order valence-corrected chi connectivity index (χ1v) is 5.43. The highest BCUT2D eigenvalue weighted by Gasteiger charge is 2.13. The summed E-state index contributed by atoms with van der Waals surface area (Å²) in [5.74, 6) is -1.93. The van der Waals surface area contributed by atoms with E-state index in [4.69, 9.17) is 9.52 Å². The Morgan fingerprint density at radius 2 is 2.21 bits per heavy atom. The maximum atomic E-state index is 13.2. The standard InChI is InChI=1S/C12H8FN3O3/c13-8-2-1-7-3-4-16(9(7)5-8)6-10-14-15-11(19-10)12(17)18/h1-5H,6H2,(H,17,18). The lowest BCUT2D eigenvalue weighted by molar-refractivity contribution is 0.0651. The average Bonchev–Trinajstić information content (AvgIpc) is 2.98. The van der Waals surface area contributed by atoms with Crippen LogP contribution in [0.1, 0.15) is 16.6 Å². The molecule has 96 valence electrons. The summed E-state index contributed by atoms with van der Waals surface area (Å²) in [6.45, 7) is 0.188. The monoisotopic (exact) mass is 261 g/mol. The Kier molecular flexibility index (Phi) is 2.52. The number of fused-ring (bicyclic) bond motifs is 1. The van der Waals surface area contributed by atoms with Gasteiger partial charge in [0.1, 0.15) is 12.4 Å². The van der Waals surface area contributed by atoms with Crippen LogP contribution in [0.25, 0.3) is 10.9 Å². The van der Waals surface area contributed by atoms with Crippen molar-refractivity contribution < 1.29 is 18.7 Å². The largest absolute Gasteiger partial charge is 0.474 e. The van der Waals surface area contributed by atoms with Crippen LogP contribution in [0.3, 0.4) is 0 Å². The van der Waals surface area contributed by atoms with E-state index in [1.54, 1.807) is 16.8 Å². The van der Waals surface area contributed by atoms with Gasteiger partial charge in [-0.1, -0.05) is 0 Å². The number of carbonyl (C=O) groups is 1. The summed E-state index contributed by atoms with van der Waals surface area (Å²) >= 11 is 0. The van der Waals surface area contributed by atoms with Gasteiger partial charge in [-0.3, -0.25) is 0 Å². The van der Waals surface area contributed by atoms with Crippen molar-refractivity contribution in [1.82, 2.24) is 14.8 Å². The first kappa shape index (κ1) is 11.4. The Labute approximate surface area is 106 Å². The molecule has 0 saturated carbocycles. The molecule has 1 N–H and O–H groups in total. The zero-order valence-electron chi connectivity index (χ0n) is 9.58. The van der Waals surface area contributed by atoms with Crippen LogP contribution >= 0.6 is 0 Å². The van der Waals surface area contributed by atoms with Crippen molar-refractivity contribution in [3.05, 3.63) is 48.1 Å². The van der Waals surface area contributed by atoms with Gasteiger partial charge in [0.05, 0.1) is 5.52 Å². The van der Waals surface area contributed by atoms with Gasteiger partial charge in [0.25, 0.3) is 0 Å². The summed E-state index contributed by atoms with van der Waals surface area (Å²) in [7, 11) is 0. The van der Waals surface area contributed by atoms with Gasteiger partial charge in [-0.2, -0.15) is 0 Å². The molecule has 1 aromatic carbocycles. The minimum absolute atomic E-state index is 0.152.